The minimum absolute atomic E-state index is 0.0258. The van der Waals surface area contributed by atoms with Crippen molar-refractivity contribution in [2.45, 2.75) is 59.1 Å². The Balaban J connectivity index is 1.87. The summed E-state index contributed by atoms with van der Waals surface area (Å²) in [5, 5.41) is 10.1. The fourth-order valence-electron chi connectivity index (χ4n) is 4.57. The van der Waals surface area contributed by atoms with Crippen LogP contribution in [0.5, 0.6) is 0 Å². The first-order chi connectivity index (χ1) is 17.8. The molecule has 0 spiro atoms. The molecule has 204 valence electrons. The van der Waals surface area contributed by atoms with Crippen LogP contribution in [0.1, 0.15) is 51.8 Å². The van der Waals surface area contributed by atoms with E-state index < -0.39 is 29.2 Å². The molecule has 38 heavy (non-hydrogen) atoms. The van der Waals surface area contributed by atoms with E-state index in [9.17, 15) is 19.1 Å². The lowest BCUT2D eigenvalue weighted by Gasteiger charge is -2.41. The molecule has 0 radical (unpaired) electrons. The van der Waals surface area contributed by atoms with Gasteiger partial charge in [-0.3, -0.25) is 4.98 Å². The van der Waals surface area contributed by atoms with Gasteiger partial charge in [-0.25, -0.2) is 23.5 Å². The average molecular weight is 547 g/mol. The van der Waals surface area contributed by atoms with Gasteiger partial charge in [0.15, 0.2) is 16.6 Å². The molecular weight excluding hydrogens is 515 g/mol. The number of rotatable bonds is 4. The first-order valence-corrected chi connectivity index (χ1v) is 12.8. The number of aromatic nitrogens is 4. The van der Waals surface area contributed by atoms with Gasteiger partial charge in [0.05, 0.1) is 29.4 Å². The van der Waals surface area contributed by atoms with Crippen molar-refractivity contribution < 1.29 is 19.0 Å². The lowest BCUT2D eigenvalue weighted by Crippen LogP contribution is -2.57. The summed E-state index contributed by atoms with van der Waals surface area (Å²) < 4.78 is 21.5. The van der Waals surface area contributed by atoms with E-state index in [0.29, 0.717) is 11.4 Å². The quantitative estimate of drug-likeness (QED) is 0.491. The molecule has 3 aromatic heterocycles. The summed E-state index contributed by atoms with van der Waals surface area (Å²) in [4.78, 5) is 42.5. The predicted octanol–water partition coefficient (Wildman–Crippen LogP) is 3.82. The number of aliphatic hydroxyl groups is 1. The third-order valence-electron chi connectivity index (χ3n) is 6.30. The molecule has 10 nitrogen and oxygen atoms in total. The molecule has 12 heteroatoms. The maximum absolute atomic E-state index is 14.8. The highest BCUT2D eigenvalue weighted by Crippen LogP contribution is 2.32. The Bertz CT molecular complexity index is 1440. The van der Waals surface area contributed by atoms with Gasteiger partial charge in [0.1, 0.15) is 11.4 Å². The minimum atomic E-state index is -0.771. The fourth-order valence-corrected chi connectivity index (χ4v) is 4.71. The van der Waals surface area contributed by atoms with E-state index >= 15 is 0 Å². The number of ether oxygens (including phenoxy) is 1. The van der Waals surface area contributed by atoms with Crippen LogP contribution >= 0.6 is 11.6 Å². The van der Waals surface area contributed by atoms with Crippen molar-refractivity contribution in [2.24, 2.45) is 0 Å². The number of hydrogen-bond donors (Lipinski definition) is 1. The number of nitrogens with zero attached hydrogens (tertiary/aromatic N) is 6. The molecule has 0 bridgehead atoms. The van der Waals surface area contributed by atoms with Crippen molar-refractivity contribution in [3.63, 3.8) is 0 Å². The Morgan fingerprint density at radius 1 is 1.29 bits per heavy atom. The number of carbonyl (C=O) groups is 1. The first kappa shape index (κ1) is 27.7. The van der Waals surface area contributed by atoms with Crippen molar-refractivity contribution in [3.8, 4) is 5.69 Å². The maximum atomic E-state index is 14.8. The monoisotopic (exact) mass is 546 g/mol. The Kier molecular flexibility index (Phi) is 7.62. The number of aliphatic hydroxyl groups excluding tert-OH is 1. The second kappa shape index (κ2) is 10.5. The zero-order chi connectivity index (χ0) is 27.9. The standard InChI is InChI=1S/C26H32ClFN6O4/c1-14(2)19-20(15(3)7-8-29-19)34-23-17(11-18(28)21(27)30-23)22(31-24(34)36)33-10-9-32(12-16(33)13-35)25(37)38-26(4,5)6/h7-8,11,14,16,35H,9-10,12-13H2,1-6H3. The van der Waals surface area contributed by atoms with Crippen molar-refractivity contribution in [2.75, 3.05) is 31.1 Å². The van der Waals surface area contributed by atoms with Gasteiger partial charge in [-0.1, -0.05) is 25.4 Å². The summed E-state index contributed by atoms with van der Waals surface area (Å²) in [6.07, 6.45) is 1.16. The molecule has 1 unspecified atom stereocenters. The summed E-state index contributed by atoms with van der Waals surface area (Å²) in [6, 6.07) is 2.35. The lowest BCUT2D eigenvalue weighted by atomic mass is 10.0. The predicted molar refractivity (Wildman–Crippen MR) is 143 cm³/mol. The Labute approximate surface area is 225 Å². The van der Waals surface area contributed by atoms with Gasteiger partial charge in [-0.05, 0) is 51.3 Å². The molecule has 1 fully saturated rings. The average Bonchev–Trinajstić information content (AvgIpc) is 2.83. The number of hydrogen-bond acceptors (Lipinski definition) is 8. The molecule has 1 saturated heterocycles. The molecule has 1 aliphatic heterocycles. The van der Waals surface area contributed by atoms with Crippen molar-refractivity contribution >= 4 is 34.5 Å². The highest BCUT2D eigenvalue weighted by molar-refractivity contribution is 6.30. The van der Waals surface area contributed by atoms with E-state index in [1.54, 1.807) is 37.9 Å². The summed E-state index contributed by atoms with van der Waals surface area (Å²) in [7, 11) is 0. The van der Waals surface area contributed by atoms with Crippen LogP contribution in [0, 0.1) is 12.7 Å². The number of halogens is 2. The third-order valence-corrected chi connectivity index (χ3v) is 6.57. The number of amides is 1. The van der Waals surface area contributed by atoms with Gasteiger partial charge < -0.3 is 19.6 Å². The summed E-state index contributed by atoms with van der Waals surface area (Å²) in [5.74, 6) is -0.644. The van der Waals surface area contributed by atoms with Crippen LogP contribution in [0.15, 0.2) is 23.1 Å². The van der Waals surface area contributed by atoms with E-state index in [1.807, 2.05) is 20.8 Å². The van der Waals surface area contributed by atoms with Crippen LogP contribution in [-0.4, -0.2) is 73.5 Å². The number of fused-ring (bicyclic) bond motifs is 1. The molecule has 1 amide bonds. The van der Waals surface area contributed by atoms with Crippen molar-refractivity contribution in [1.29, 1.82) is 0 Å². The molecule has 4 heterocycles. The van der Waals surface area contributed by atoms with E-state index in [2.05, 4.69) is 15.0 Å². The number of anilines is 1. The number of pyridine rings is 2. The zero-order valence-corrected chi connectivity index (χ0v) is 23.1. The summed E-state index contributed by atoms with van der Waals surface area (Å²) in [6.45, 7) is 11.3. The fraction of sp³-hybridized carbons (Fsp3) is 0.500. The Hall–Kier alpha value is -3.31. The summed E-state index contributed by atoms with van der Waals surface area (Å²) in [5.41, 5.74) is 0.739. The normalized spacial score (nSPS) is 16.4. The van der Waals surface area contributed by atoms with Gasteiger partial charge in [-0.15, -0.1) is 0 Å². The van der Waals surface area contributed by atoms with E-state index in [1.165, 1.54) is 15.5 Å². The molecular formula is C26H32ClFN6O4. The first-order valence-electron chi connectivity index (χ1n) is 12.4. The number of carbonyl (C=O) groups excluding carboxylic acids is 1. The lowest BCUT2D eigenvalue weighted by molar-refractivity contribution is 0.0197. The van der Waals surface area contributed by atoms with Crippen LogP contribution in [0.2, 0.25) is 5.15 Å². The largest absolute Gasteiger partial charge is 0.444 e. The smallest absolute Gasteiger partial charge is 0.410 e. The third kappa shape index (κ3) is 5.30. The van der Waals surface area contributed by atoms with Crippen LogP contribution in [0.25, 0.3) is 16.7 Å². The minimum Gasteiger partial charge on any atom is -0.444 e. The molecule has 4 rings (SSSR count). The Morgan fingerprint density at radius 2 is 2.00 bits per heavy atom. The van der Waals surface area contributed by atoms with Crippen molar-refractivity contribution in [3.05, 3.63) is 51.0 Å². The van der Waals surface area contributed by atoms with Crippen LogP contribution in [0.3, 0.4) is 0 Å². The number of piperazine rings is 1. The highest BCUT2D eigenvalue weighted by atomic mass is 35.5. The molecule has 0 aromatic carbocycles. The highest BCUT2D eigenvalue weighted by Gasteiger charge is 2.34. The second-order valence-electron chi connectivity index (χ2n) is 10.7. The summed E-state index contributed by atoms with van der Waals surface area (Å²) >= 11 is 6.09. The van der Waals surface area contributed by atoms with Crippen LogP contribution in [0.4, 0.5) is 15.0 Å². The SMILES string of the molecule is Cc1ccnc(C(C)C)c1-n1c(=O)nc(N2CCN(C(=O)OC(C)(C)C)CC2CO)c2cc(F)c(Cl)nc21. The van der Waals surface area contributed by atoms with Gasteiger partial charge in [0, 0.05) is 25.8 Å². The molecule has 1 N–H and O–H groups in total. The second-order valence-corrected chi connectivity index (χ2v) is 11.0. The van der Waals surface area contributed by atoms with E-state index in [0.717, 1.165) is 5.56 Å². The molecule has 3 aromatic rings. The number of aryl methyl sites for hydroxylation is 1. The van der Waals surface area contributed by atoms with Crippen molar-refractivity contribution in [1.82, 2.24) is 24.4 Å². The van der Waals surface area contributed by atoms with Gasteiger partial charge in [-0.2, -0.15) is 4.98 Å². The van der Waals surface area contributed by atoms with Gasteiger partial charge in [0.2, 0.25) is 0 Å². The van der Waals surface area contributed by atoms with Gasteiger partial charge in [0.25, 0.3) is 0 Å². The topological polar surface area (TPSA) is 114 Å². The molecule has 0 saturated carbocycles. The van der Waals surface area contributed by atoms with Crippen LogP contribution < -0.4 is 10.6 Å². The van der Waals surface area contributed by atoms with E-state index in [4.69, 9.17) is 16.3 Å². The van der Waals surface area contributed by atoms with Gasteiger partial charge >= 0.3 is 11.8 Å². The maximum Gasteiger partial charge on any atom is 0.410 e. The molecule has 0 aliphatic carbocycles. The van der Waals surface area contributed by atoms with Crippen LogP contribution in [-0.2, 0) is 4.74 Å². The molecule has 1 atom stereocenters. The molecule has 1 aliphatic rings. The zero-order valence-electron chi connectivity index (χ0n) is 22.3. The van der Waals surface area contributed by atoms with E-state index in [-0.39, 0.29) is 54.2 Å². The Morgan fingerprint density at radius 3 is 2.63 bits per heavy atom.